The van der Waals surface area contributed by atoms with Crippen LogP contribution in [0.25, 0.3) is 0 Å². The molecule has 0 amide bonds. The number of esters is 1. The van der Waals surface area contributed by atoms with Gasteiger partial charge >= 0.3 is 5.97 Å². The Balaban J connectivity index is 2.27. The monoisotopic (exact) mass is 537 g/mol. The Morgan fingerprint density at radius 3 is 2.63 bits per heavy atom. The molecule has 4 N–H and O–H groups in total. The maximum absolute atomic E-state index is 13.2. The molecule has 0 aliphatic rings. The number of aryl methyl sites for hydroxylation is 1. The molecule has 0 bridgehead atoms. The van der Waals surface area contributed by atoms with Crippen molar-refractivity contribution < 1.29 is 28.2 Å². The first kappa shape index (κ1) is 31.2. The topological polar surface area (TPSA) is 123 Å². The van der Waals surface area contributed by atoms with Crippen LogP contribution in [0, 0.1) is 6.92 Å². The quantitative estimate of drug-likeness (QED) is 0.257. The van der Waals surface area contributed by atoms with Crippen molar-refractivity contribution in [2.75, 3.05) is 44.5 Å². The number of carbonyl (C=O) groups excluding carboxylic acids is 1. The molecule has 0 aliphatic carbocycles. The maximum Gasteiger partial charge on any atom is 0.307 e. The van der Waals surface area contributed by atoms with Crippen LogP contribution >= 0.6 is 0 Å². The van der Waals surface area contributed by atoms with E-state index in [9.17, 15) is 18.7 Å². The molecule has 2 rings (SSSR count). The minimum Gasteiger partial charge on any atom is -0.496 e. The number of benzene rings is 1. The van der Waals surface area contributed by atoms with E-state index in [-0.39, 0.29) is 44.7 Å². The second kappa shape index (κ2) is 16.0. The number of alkyl halides is 2. The highest BCUT2D eigenvalue weighted by Gasteiger charge is 2.19. The SMILES string of the molecule is CCC[C@@H](CCO)Nc1nc(N)nc(C)c1Cc1ccc(CN(CCC(=O)OCC)CC(F)F)cc1OC. The maximum atomic E-state index is 13.2. The van der Waals surface area contributed by atoms with Crippen LogP contribution in [0.3, 0.4) is 0 Å². The molecule has 1 aromatic heterocycles. The van der Waals surface area contributed by atoms with E-state index >= 15 is 0 Å². The number of carbonyl (C=O) groups is 1. The van der Waals surface area contributed by atoms with Crippen LogP contribution in [-0.2, 0) is 22.5 Å². The van der Waals surface area contributed by atoms with Crippen LogP contribution in [0.4, 0.5) is 20.5 Å². The van der Waals surface area contributed by atoms with Gasteiger partial charge in [-0.2, -0.15) is 4.98 Å². The third-order valence-corrected chi connectivity index (χ3v) is 6.15. The Morgan fingerprint density at radius 1 is 1.24 bits per heavy atom. The molecule has 0 radical (unpaired) electrons. The van der Waals surface area contributed by atoms with Gasteiger partial charge in [0, 0.05) is 43.4 Å². The van der Waals surface area contributed by atoms with E-state index in [0.29, 0.717) is 24.4 Å². The molecule has 0 saturated carbocycles. The van der Waals surface area contributed by atoms with Crippen LogP contribution in [0.2, 0.25) is 0 Å². The Labute approximate surface area is 223 Å². The van der Waals surface area contributed by atoms with Gasteiger partial charge in [-0.15, -0.1) is 0 Å². The standard InChI is InChI=1S/C27H41F2N5O4/c1-5-7-21(11-13-35)32-26-22(18(3)31-27(30)33-26)15-20-9-8-19(14-23(20)37-4)16-34(17-24(28)29)12-10-25(36)38-6-2/h8-9,14,21,24,35H,5-7,10-13,15-17H2,1-4H3,(H3,30,31,32,33)/t21-/m0/s1. The number of aliphatic hydroxyl groups excluding tert-OH is 1. The summed E-state index contributed by atoms with van der Waals surface area (Å²) >= 11 is 0. The first-order valence-electron chi connectivity index (χ1n) is 13.0. The molecule has 38 heavy (non-hydrogen) atoms. The van der Waals surface area contributed by atoms with Gasteiger partial charge in [-0.25, -0.2) is 13.8 Å². The van der Waals surface area contributed by atoms with E-state index in [4.69, 9.17) is 15.2 Å². The smallest absolute Gasteiger partial charge is 0.307 e. The van der Waals surface area contributed by atoms with E-state index in [0.717, 1.165) is 35.2 Å². The molecule has 0 fully saturated rings. The number of methoxy groups -OCH3 is 1. The summed E-state index contributed by atoms with van der Waals surface area (Å²) in [4.78, 5) is 22.0. The normalized spacial score (nSPS) is 12.1. The zero-order chi connectivity index (χ0) is 28.1. The molecular formula is C27H41F2N5O4. The van der Waals surface area contributed by atoms with E-state index in [1.54, 1.807) is 14.0 Å². The van der Waals surface area contributed by atoms with E-state index in [1.165, 1.54) is 4.90 Å². The highest BCUT2D eigenvalue weighted by Crippen LogP contribution is 2.29. The number of hydrogen-bond donors (Lipinski definition) is 3. The number of nitrogens with two attached hydrogens (primary N) is 1. The minimum atomic E-state index is -2.53. The second-order valence-corrected chi connectivity index (χ2v) is 9.14. The van der Waals surface area contributed by atoms with E-state index in [1.807, 2.05) is 25.1 Å². The molecule has 212 valence electrons. The summed E-state index contributed by atoms with van der Waals surface area (Å²) in [6.45, 7) is 5.91. The van der Waals surface area contributed by atoms with Gasteiger partial charge in [-0.3, -0.25) is 9.69 Å². The predicted octanol–water partition coefficient (Wildman–Crippen LogP) is 3.95. The van der Waals surface area contributed by atoms with Gasteiger partial charge in [0.25, 0.3) is 6.43 Å². The molecule has 1 atom stereocenters. The van der Waals surface area contributed by atoms with Gasteiger partial charge in [0.2, 0.25) is 5.95 Å². The molecule has 0 unspecified atom stereocenters. The lowest BCUT2D eigenvalue weighted by molar-refractivity contribution is -0.143. The Hall–Kier alpha value is -3.05. The lowest BCUT2D eigenvalue weighted by Crippen LogP contribution is -2.31. The average Bonchev–Trinajstić information content (AvgIpc) is 2.85. The van der Waals surface area contributed by atoms with Gasteiger partial charge in [0.15, 0.2) is 0 Å². The van der Waals surface area contributed by atoms with Gasteiger partial charge < -0.3 is 25.6 Å². The van der Waals surface area contributed by atoms with Crippen LogP contribution < -0.4 is 15.8 Å². The lowest BCUT2D eigenvalue weighted by Gasteiger charge is -2.23. The van der Waals surface area contributed by atoms with Crippen LogP contribution in [0.1, 0.15) is 61.9 Å². The van der Waals surface area contributed by atoms with Crippen molar-refractivity contribution >= 4 is 17.7 Å². The largest absolute Gasteiger partial charge is 0.496 e. The Bertz CT molecular complexity index is 1020. The van der Waals surface area contributed by atoms with Crippen LogP contribution in [-0.4, -0.2) is 71.8 Å². The summed E-state index contributed by atoms with van der Waals surface area (Å²) < 4.78 is 36.9. The number of anilines is 2. The fourth-order valence-corrected chi connectivity index (χ4v) is 4.33. The van der Waals surface area contributed by atoms with Crippen molar-refractivity contribution in [3.8, 4) is 5.75 Å². The summed E-state index contributed by atoms with van der Waals surface area (Å²) in [5, 5.41) is 12.9. The fraction of sp³-hybridized carbons (Fsp3) is 0.593. The van der Waals surface area contributed by atoms with Gasteiger partial charge in [-0.1, -0.05) is 25.5 Å². The predicted molar refractivity (Wildman–Crippen MR) is 144 cm³/mol. The Morgan fingerprint density at radius 2 is 2.00 bits per heavy atom. The molecule has 9 nitrogen and oxygen atoms in total. The number of nitrogens with zero attached hydrogens (tertiary/aromatic N) is 3. The van der Waals surface area contributed by atoms with E-state index < -0.39 is 18.9 Å². The molecule has 0 spiro atoms. The fourth-order valence-electron chi connectivity index (χ4n) is 4.33. The van der Waals surface area contributed by atoms with Crippen molar-refractivity contribution in [1.82, 2.24) is 14.9 Å². The molecule has 2 aromatic rings. The Kier molecular flexibility index (Phi) is 13.1. The summed E-state index contributed by atoms with van der Waals surface area (Å²) in [6.07, 6.45) is 0.368. The van der Waals surface area contributed by atoms with Crippen LogP contribution in [0.5, 0.6) is 5.75 Å². The summed E-state index contributed by atoms with van der Waals surface area (Å²) in [5.41, 5.74) is 9.18. The van der Waals surface area contributed by atoms with E-state index in [2.05, 4.69) is 22.2 Å². The number of nitrogens with one attached hydrogen (secondary N) is 1. The van der Waals surface area contributed by atoms with Crippen molar-refractivity contribution in [2.24, 2.45) is 0 Å². The number of aliphatic hydroxyl groups is 1. The molecule has 0 saturated heterocycles. The first-order chi connectivity index (χ1) is 18.2. The van der Waals surface area contributed by atoms with Crippen molar-refractivity contribution in [1.29, 1.82) is 0 Å². The molecular weight excluding hydrogens is 496 g/mol. The van der Waals surface area contributed by atoms with Crippen LogP contribution in [0.15, 0.2) is 18.2 Å². The summed E-state index contributed by atoms with van der Waals surface area (Å²) in [6, 6.07) is 5.63. The van der Waals surface area contributed by atoms with Gasteiger partial charge in [-0.05, 0) is 43.9 Å². The van der Waals surface area contributed by atoms with Crippen molar-refractivity contribution in [3.63, 3.8) is 0 Å². The zero-order valence-corrected chi connectivity index (χ0v) is 22.8. The summed E-state index contributed by atoms with van der Waals surface area (Å²) in [5.74, 6) is 0.977. The lowest BCUT2D eigenvalue weighted by atomic mass is 10.0. The van der Waals surface area contributed by atoms with Gasteiger partial charge in [0.05, 0.1) is 26.7 Å². The first-order valence-corrected chi connectivity index (χ1v) is 13.0. The zero-order valence-electron chi connectivity index (χ0n) is 22.8. The summed E-state index contributed by atoms with van der Waals surface area (Å²) in [7, 11) is 1.56. The second-order valence-electron chi connectivity index (χ2n) is 9.14. The number of nitrogen functional groups attached to an aromatic ring is 1. The average molecular weight is 538 g/mol. The number of hydrogen-bond acceptors (Lipinski definition) is 9. The highest BCUT2D eigenvalue weighted by atomic mass is 19.3. The van der Waals surface area contributed by atoms with Crippen molar-refractivity contribution in [3.05, 3.63) is 40.6 Å². The third-order valence-electron chi connectivity index (χ3n) is 6.15. The third kappa shape index (κ3) is 10.0. The minimum absolute atomic E-state index is 0.0390. The number of halogens is 2. The number of ether oxygens (including phenoxy) is 2. The molecule has 1 aromatic carbocycles. The number of aromatic nitrogens is 2. The molecule has 11 heteroatoms. The number of rotatable bonds is 17. The molecule has 0 aliphatic heterocycles. The highest BCUT2D eigenvalue weighted by molar-refractivity contribution is 5.69. The van der Waals surface area contributed by atoms with Gasteiger partial charge in [0.1, 0.15) is 11.6 Å². The molecule has 1 heterocycles. The van der Waals surface area contributed by atoms with Crippen molar-refractivity contribution in [2.45, 2.75) is 71.9 Å².